The number of phenols is 1. The lowest BCUT2D eigenvalue weighted by Gasteiger charge is -2.37. The Hall–Kier alpha value is -1.44. The van der Waals surface area contributed by atoms with Gasteiger partial charge in [0.05, 0.1) is 7.11 Å². The van der Waals surface area contributed by atoms with E-state index in [0.29, 0.717) is 11.7 Å². The first-order valence-electron chi connectivity index (χ1n) is 7.34. The standard InChI is InChI=1S/C17H22O2.CH2/c1-19-17(14-6-3-7-15(18)11-14)16-9-8-12-4-2-5-13(16)10-12;/h3,6-7,11-13,18H,2,4-5,8-10H2,1H3;1H2. The highest BCUT2D eigenvalue weighted by Crippen LogP contribution is 2.45. The van der Waals surface area contributed by atoms with Crippen LogP contribution in [0.25, 0.3) is 5.76 Å². The molecule has 1 N–H and O–H groups in total. The monoisotopic (exact) mass is 272 g/mol. The SMILES string of the molecule is COC(=C1CCC2CCCC1C2)c1cccc(O)c1.[CH2]. The van der Waals surface area contributed by atoms with Gasteiger partial charge in [-0.25, -0.2) is 0 Å². The number of hydrogen-bond donors (Lipinski definition) is 1. The van der Waals surface area contributed by atoms with Crippen molar-refractivity contribution in [1.29, 1.82) is 0 Å². The molecule has 0 aliphatic heterocycles. The summed E-state index contributed by atoms with van der Waals surface area (Å²) >= 11 is 0. The van der Waals surface area contributed by atoms with Gasteiger partial charge in [0.1, 0.15) is 11.5 Å². The van der Waals surface area contributed by atoms with Gasteiger partial charge in [-0.2, -0.15) is 0 Å². The molecule has 2 fully saturated rings. The van der Waals surface area contributed by atoms with Crippen LogP contribution in [0, 0.1) is 19.3 Å². The van der Waals surface area contributed by atoms with Crippen LogP contribution in [-0.4, -0.2) is 12.2 Å². The number of allylic oxidation sites excluding steroid dienone is 1. The van der Waals surface area contributed by atoms with Crippen molar-refractivity contribution in [2.75, 3.05) is 7.11 Å². The van der Waals surface area contributed by atoms with E-state index in [1.165, 1.54) is 37.7 Å². The predicted octanol–water partition coefficient (Wildman–Crippen LogP) is 4.68. The molecule has 0 aromatic heterocycles. The van der Waals surface area contributed by atoms with E-state index in [0.717, 1.165) is 23.7 Å². The van der Waals surface area contributed by atoms with Crippen LogP contribution in [0.2, 0.25) is 0 Å². The average molecular weight is 272 g/mol. The van der Waals surface area contributed by atoms with Gasteiger partial charge in [0.25, 0.3) is 0 Å². The fourth-order valence-corrected chi connectivity index (χ4v) is 3.81. The van der Waals surface area contributed by atoms with Gasteiger partial charge in [-0.1, -0.05) is 32.4 Å². The molecule has 2 bridgehead atoms. The lowest BCUT2D eigenvalue weighted by atomic mass is 9.69. The van der Waals surface area contributed by atoms with Gasteiger partial charge >= 0.3 is 0 Å². The zero-order valence-corrected chi connectivity index (χ0v) is 12.3. The molecule has 1 aromatic rings. The molecule has 0 amide bonds. The maximum Gasteiger partial charge on any atom is 0.125 e. The van der Waals surface area contributed by atoms with Crippen molar-refractivity contribution in [2.24, 2.45) is 11.8 Å². The van der Waals surface area contributed by atoms with Crippen LogP contribution < -0.4 is 0 Å². The minimum Gasteiger partial charge on any atom is -0.508 e. The average Bonchev–Trinajstić information content (AvgIpc) is 2.43. The lowest BCUT2D eigenvalue weighted by Crippen LogP contribution is -2.24. The summed E-state index contributed by atoms with van der Waals surface area (Å²) in [4.78, 5) is 0. The van der Waals surface area contributed by atoms with E-state index in [1.54, 1.807) is 19.2 Å². The van der Waals surface area contributed by atoms with Gasteiger partial charge in [0.2, 0.25) is 0 Å². The summed E-state index contributed by atoms with van der Waals surface area (Å²) in [6, 6.07) is 7.43. The highest BCUT2D eigenvalue weighted by Gasteiger charge is 2.31. The van der Waals surface area contributed by atoms with Gasteiger partial charge in [0, 0.05) is 5.56 Å². The van der Waals surface area contributed by atoms with Crippen molar-refractivity contribution >= 4 is 5.76 Å². The van der Waals surface area contributed by atoms with Crippen LogP contribution in [0.15, 0.2) is 29.8 Å². The Morgan fingerprint density at radius 3 is 2.85 bits per heavy atom. The fourth-order valence-electron chi connectivity index (χ4n) is 3.81. The van der Waals surface area contributed by atoms with Crippen molar-refractivity contribution in [3.05, 3.63) is 42.8 Å². The van der Waals surface area contributed by atoms with E-state index in [2.05, 4.69) is 0 Å². The predicted molar refractivity (Wildman–Crippen MR) is 82.1 cm³/mol. The minimum absolute atomic E-state index is 0. The minimum atomic E-state index is 0. The molecule has 2 aliphatic rings. The molecule has 1 aromatic carbocycles. The Labute approximate surface area is 122 Å². The van der Waals surface area contributed by atoms with E-state index in [1.807, 2.05) is 12.1 Å². The fraction of sp³-hybridized carbons (Fsp3) is 0.500. The maximum atomic E-state index is 9.65. The number of ether oxygens (including phenoxy) is 1. The van der Waals surface area contributed by atoms with Gasteiger partial charge < -0.3 is 9.84 Å². The number of benzene rings is 1. The van der Waals surface area contributed by atoms with Crippen molar-refractivity contribution in [3.8, 4) is 5.75 Å². The molecular formula is C18H24O2. The van der Waals surface area contributed by atoms with Crippen molar-refractivity contribution in [2.45, 2.75) is 38.5 Å². The summed E-state index contributed by atoms with van der Waals surface area (Å²) in [6.07, 6.45) is 7.87. The third-order valence-electron chi connectivity index (χ3n) is 4.70. The molecular weight excluding hydrogens is 248 g/mol. The van der Waals surface area contributed by atoms with Crippen LogP contribution in [0.4, 0.5) is 0 Å². The zero-order chi connectivity index (χ0) is 13.2. The molecule has 20 heavy (non-hydrogen) atoms. The summed E-state index contributed by atoms with van der Waals surface area (Å²) in [5.74, 6) is 2.95. The summed E-state index contributed by atoms with van der Waals surface area (Å²) in [7, 11) is 1.75. The smallest absolute Gasteiger partial charge is 0.125 e. The van der Waals surface area contributed by atoms with Crippen LogP contribution in [0.3, 0.4) is 0 Å². The highest BCUT2D eigenvalue weighted by atomic mass is 16.5. The largest absolute Gasteiger partial charge is 0.508 e. The van der Waals surface area contributed by atoms with E-state index in [9.17, 15) is 5.11 Å². The first-order chi connectivity index (χ1) is 9.28. The zero-order valence-electron chi connectivity index (χ0n) is 12.3. The molecule has 0 heterocycles. The third-order valence-corrected chi connectivity index (χ3v) is 4.70. The number of aromatic hydroxyl groups is 1. The van der Waals surface area contributed by atoms with Crippen molar-refractivity contribution < 1.29 is 9.84 Å². The van der Waals surface area contributed by atoms with Crippen LogP contribution >= 0.6 is 0 Å². The topological polar surface area (TPSA) is 29.5 Å². The molecule has 2 saturated carbocycles. The number of hydrogen-bond acceptors (Lipinski definition) is 2. The number of fused-ring (bicyclic) bond motifs is 2. The Bertz CT molecular complexity index is 490. The number of rotatable bonds is 2. The Morgan fingerprint density at radius 1 is 1.25 bits per heavy atom. The molecule has 2 unspecified atom stereocenters. The lowest BCUT2D eigenvalue weighted by molar-refractivity contribution is 0.235. The summed E-state index contributed by atoms with van der Waals surface area (Å²) in [5, 5.41) is 9.65. The van der Waals surface area contributed by atoms with E-state index in [-0.39, 0.29) is 7.43 Å². The van der Waals surface area contributed by atoms with E-state index >= 15 is 0 Å². The first-order valence-corrected chi connectivity index (χ1v) is 7.34. The van der Waals surface area contributed by atoms with E-state index < -0.39 is 0 Å². The number of phenolic OH excluding ortho intramolecular Hbond substituents is 1. The molecule has 2 radical (unpaired) electrons. The summed E-state index contributed by atoms with van der Waals surface area (Å²) < 4.78 is 5.69. The molecule has 3 rings (SSSR count). The van der Waals surface area contributed by atoms with Crippen LogP contribution in [0.1, 0.15) is 44.1 Å². The molecule has 2 heteroatoms. The maximum absolute atomic E-state index is 9.65. The van der Waals surface area contributed by atoms with Crippen molar-refractivity contribution in [3.63, 3.8) is 0 Å². The molecule has 2 atom stereocenters. The molecule has 108 valence electrons. The molecule has 0 saturated heterocycles. The molecule has 2 aliphatic carbocycles. The number of methoxy groups -OCH3 is 1. The van der Waals surface area contributed by atoms with Gasteiger partial charge in [0.15, 0.2) is 0 Å². The van der Waals surface area contributed by atoms with Gasteiger partial charge in [-0.3, -0.25) is 0 Å². The quantitative estimate of drug-likeness (QED) is 0.792. The molecule has 2 nitrogen and oxygen atoms in total. The van der Waals surface area contributed by atoms with Gasteiger partial charge in [-0.15, -0.1) is 0 Å². The molecule has 0 spiro atoms. The Kier molecular flexibility index (Phi) is 4.74. The third kappa shape index (κ3) is 2.84. The van der Waals surface area contributed by atoms with Crippen LogP contribution in [-0.2, 0) is 4.74 Å². The Morgan fingerprint density at radius 2 is 2.10 bits per heavy atom. The Balaban J connectivity index is 0.00000147. The van der Waals surface area contributed by atoms with E-state index in [4.69, 9.17) is 4.74 Å². The van der Waals surface area contributed by atoms with Crippen molar-refractivity contribution in [1.82, 2.24) is 0 Å². The second-order valence-corrected chi connectivity index (χ2v) is 5.88. The summed E-state index contributed by atoms with van der Waals surface area (Å²) in [5.41, 5.74) is 2.49. The normalized spacial score (nSPS) is 27.4. The van der Waals surface area contributed by atoms with Crippen LogP contribution in [0.5, 0.6) is 5.75 Å². The highest BCUT2D eigenvalue weighted by molar-refractivity contribution is 5.65. The second kappa shape index (κ2) is 6.34. The first kappa shape index (κ1) is 15.0. The summed E-state index contributed by atoms with van der Waals surface area (Å²) in [6.45, 7) is 0. The van der Waals surface area contributed by atoms with Gasteiger partial charge in [-0.05, 0) is 55.2 Å². The second-order valence-electron chi connectivity index (χ2n) is 5.88.